The average molecular weight is 149 g/mol. The molecule has 0 radical (unpaired) electrons. The second-order valence-corrected chi connectivity index (χ2v) is 5.20. The summed E-state index contributed by atoms with van der Waals surface area (Å²) in [5.74, 6) is 6.76. The maximum Gasteiger partial charge on any atom is 0.00756 e. The fourth-order valence-electron chi connectivity index (χ4n) is 4.67. The first-order valence-corrected chi connectivity index (χ1v) is 5.13. The first kappa shape index (κ1) is 5.58. The molecule has 0 aliphatic heterocycles. The van der Waals surface area contributed by atoms with Crippen LogP contribution in [0.4, 0.5) is 0 Å². The van der Waals surface area contributed by atoms with E-state index in [1.165, 1.54) is 18.3 Å². The highest BCUT2D eigenvalue weighted by molar-refractivity contribution is 5.22. The van der Waals surface area contributed by atoms with Crippen molar-refractivity contribution in [2.45, 2.75) is 25.3 Å². The van der Waals surface area contributed by atoms with Gasteiger partial charge in [-0.3, -0.25) is 0 Å². The van der Waals surface area contributed by atoms with Gasteiger partial charge in [0.25, 0.3) is 0 Å². The van der Waals surface area contributed by atoms with Gasteiger partial charge in [0.05, 0.1) is 0 Å². The second-order valence-electron chi connectivity index (χ2n) is 5.20. The van der Waals surface area contributed by atoms with E-state index in [2.05, 4.69) is 0 Å². The Morgan fingerprint density at radius 3 is 2.18 bits per heavy atom. The van der Waals surface area contributed by atoms with Gasteiger partial charge in [0.2, 0.25) is 0 Å². The lowest BCUT2D eigenvalue weighted by Gasteiger charge is -2.78. The van der Waals surface area contributed by atoms with Crippen molar-refractivity contribution in [2.75, 3.05) is 0 Å². The summed E-state index contributed by atoms with van der Waals surface area (Å²) in [5, 5.41) is 0. The molecule has 0 heterocycles. The zero-order valence-corrected chi connectivity index (χ0v) is 6.74. The molecule has 0 aromatic carbocycles. The Kier molecular flexibility index (Phi) is 0.706. The van der Waals surface area contributed by atoms with Gasteiger partial charge in [0.15, 0.2) is 0 Å². The normalized spacial score (nSPS) is 75.5. The molecule has 0 spiro atoms. The molecule has 4 aliphatic carbocycles. The van der Waals surface area contributed by atoms with Crippen LogP contribution in [0.5, 0.6) is 0 Å². The summed E-state index contributed by atoms with van der Waals surface area (Å²) in [6.07, 6.45) is 4.47. The molecule has 4 saturated carbocycles. The summed E-state index contributed by atoms with van der Waals surface area (Å²) in [6.45, 7) is 0. The highest BCUT2D eigenvalue weighted by atomic mass is 14.9. The average Bonchev–Trinajstić information content (AvgIpc) is 1.92. The monoisotopic (exact) mass is 149 g/mol. The standard InChI is InChI=1S/C10H15N/c11-7-3-6-8-4-1-2-5(4)10(8)9(6)7/h4-10H,1-3,11H2. The maximum atomic E-state index is 5.98. The molecule has 7 atom stereocenters. The molecule has 60 valence electrons. The summed E-state index contributed by atoms with van der Waals surface area (Å²) in [7, 11) is 0. The first-order valence-electron chi connectivity index (χ1n) is 5.13. The van der Waals surface area contributed by atoms with Gasteiger partial charge in [-0.1, -0.05) is 0 Å². The lowest BCUT2D eigenvalue weighted by Crippen LogP contribution is -2.76. The van der Waals surface area contributed by atoms with E-state index >= 15 is 0 Å². The van der Waals surface area contributed by atoms with E-state index < -0.39 is 0 Å². The summed E-state index contributed by atoms with van der Waals surface area (Å²) < 4.78 is 0. The van der Waals surface area contributed by atoms with Crippen LogP contribution >= 0.6 is 0 Å². The second kappa shape index (κ2) is 1.39. The molecule has 1 nitrogen and oxygen atoms in total. The zero-order chi connectivity index (χ0) is 7.16. The first-order chi connectivity index (χ1) is 5.38. The predicted molar refractivity (Wildman–Crippen MR) is 42.8 cm³/mol. The van der Waals surface area contributed by atoms with Crippen LogP contribution in [-0.4, -0.2) is 6.04 Å². The Morgan fingerprint density at radius 2 is 1.55 bits per heavy atom. The summed E-state index contributed by atoms with van der Waals surface area (Å²) in [4.78, 5) is 0. The van der Waals surface area contributed by atoms with Crippen LogP contribution in [-0.2, 0) is 0 Å². The van der Waals surface area contributed by atoms with Gasteiger partial charge in [-0.15, -0.1) is 0 Å². The summed E-state index contributed by atoms with van der Waals surface area (Å²) in [5.41, 5.74) is 5.98. The molecule has 4 rings (SSSR count). The van der Waals surface area contributed by atoms with Crippen molar-refractivity contribution in [3.8, 4) is 0 Å². The highest BCUT2D eigenvalue weighted by Gasteiger charge is 2.72. The van der Waals surface area contributed by atoms with Crippen molar-refractivity contribution in [1.82, 2.24) is 0 Å². The molecule has 2 N–H and O–H groups in total. The van der Waals surface area contributed by atoms with Crippen LogP contribution in [0.2, 0.25) is 0 Å². The SMILES string of the molecule is NC1CC2C1C1C3CCC3C21. The third-order valence-corrected chi connectivity index (χ3v) is 5.29. The lowest BCUT2D eigenvalue weighted by atomic mass is 9.27. The largest absolute Gasteiger partial charge is 0.327 e. The van der Waals surface area contributed by atoms with E-state index in [0.717, 1.165) is 23.7 Å². The molecule has 0 aromatic heterocycles. The Morgan fingerprint density at radius 1 is 0.818 bits per heavy atom. The number of hydrogen-bond donors (Lipinski definition) is 1. The van der Waals surface area contributed by atoms with Gasteiger partial charge < -0.3 is 5.73 Å². The van der Waals surface area contributed by atoms with Gasteiger partial charge in [0, 0.05) is 6.04 Å². The Hall–Kier alpha value is -0.0400. The minimum absolute atomic E-state index is 0.614. The van der Waals surface area contributed by atoms with Gasteiger partial charge in [-0.05, 0) is 54.8 Å². The lowest BCUT2D eigenvalue weighted by molar-refractivity contribution is -0.293. The van der Waals surface area contributed by atoms with E-state index in [4.69, 9.17) is 5.73 Å². The van der Waals surface area contributed by atoms with E-state index in [-0.39, 0.29) is 0 Å². The molecule has 0 saturated heterocycles. The number of nitrogens with two attached hydrogens (primary N) is 1. The topological polar surface area (TPSA) is 26.0 Å². The van der Waals surface area contributed by atoms with Crippen molar-refractivity contribution in [3.05, 3.63) is 0 Å². The fourth-order valence-corrected chi connectivity index (χ4v) is 4.67. The van der Waals surface area contributed by atoms with E-state index in [0.29, 0.717) is 6.04 Å². The van der Waals surface area contributed by atoms with Gasteiger partial charge in [-0.2, -0.15) is 0 Å². The quantitative estimate of drug-likeness (QED) is 0.551. The highest BCUT2D eigenvalue weighted by Crippen LogP contribution is 2.76. The van der Waals surface area contributed by atoms with Crippen molar-refractivity contribution < 1.29 is 0 Å². The number of hydrogen-bond acceptors (Lipinski definition) is 1. The molecular formula is C10H15N. The number of rotatable bonds is 0. The molecule has 11 heavy (non-hydrogen) atoms. The van der Waals surface area contributed by atoms with Crippen LogP contribution in [0, 0.1) is 35.5 Å². The van der Waals surface area contributed by atoms with Crippen LogP contribution in [0.25, 0.3) is 0 Å². The van der Waals surface area contributed by atoms with Crippen LogP contribution in [0.1, 0.15) is 19.3 Å². The Bertz CT molecular complexity index is 219. The third-order valence-electron chi connectivity index (χ3n) is 5.29. The predicted octanol–water partition coefficient (Wildman–Crippen LogP) is 1.24. The Labute approximate surface area is 67.3 Å². The van der Waals surface area contributed by atoms with Crippen LogP contribution in [0.15, 0.2) is 0 Å². The van der Waals surface area contributed by atoms with Crippen molar-refractivity contribution in [3.63, 3.8) is 0 Å². The molecule has 0 aromatic rings. The zero-order valence-electron chi connectivity index (χ0n) is 6.74. The minimum atomic E-state index is 0.614. The van der Waals surface area contributed by atoms with E-state index in [1.54, 1.807) is 12.8 Å². The third kappa shape index (κ3) is 0.376. The molecule has 1 heteroatoms. The molecular weight excluding hydrogens is 134 g/mol. The van der Waals surface area contributed by atoms with E-state index in [9.17, 15) is 0 Å². The van der Waals surface area contributed by atoms with Crippen molar-refractivity contribution in [2.24, 2.45) is 41.2 Å². The maximum absolute atomic E-state index is 5.98. The minimum Gasteiger partial charge on any atom is -0.327 e. The van der Waals surface area contributed by atoms with Crippen molar-refractivity contribution in [1.29, 1.82) is 0 Å². The van der Waals surface area contributed by atoms with Gasteiger partial charge in [-0.25, -0.2) is 0 Å². The summed E-state index contributed by atoms with van der Waals surface area (Å²) >= 11 is 0. The summed E-state index contributed by atoms with van der Waals surface area (Å²) in [6, 6.07) is 0.614. The smallest absolute Gasteiger partial charge is 0.00756 e. The van der Waals surface area contributed by atoms with Gasteiger partial charge in [0.1, 0.15) is 0 Å². The molecule has 0 bridgehead atoms. The van der Waals surface area contributed by atoms with E-state index in [1.807, 2.05) is 0 Å². The van der Waals surface area contributed by atoms with Gasteiger partial charge >= 0.3 is 0 Å². The van der Waals surface area contributed by atoms with Crippen molar-refractivity contribution >= 4 is 0 Å². The molecule has 4 aliphatic rings. The van der Waals surface area contributed by atoms with Crippen LogP contribution < -0.4 is 5.73 Å². The van der Waals surface area contributed by atoms with Crippen LogP contribution in [0.3, 0.4) is 0 Å². The molecule has 4 fully saturated rings. The molecule has 0 amide bonds. The molecule has 7 unspecified atom stereocenters. The fraction of sp³-hybridized carbons (Fsp3) is 1.00. The Balaban J connectivity index is 1.64. The number of fused-ring (bicyclic) bond motifs is 7.